The summed E-state index contributed by atoms with van der Waals surface area (Å²) in [6, 6.07) is 11.9. The number of nitrogens with zero attached hydrogens (tertiary/aromatic N) is 2. The zero-order valence-electron chi connectivity index (χ0n) is 14.3. The number of aryl methyl sites for hydroxylation is 1. The minimum absolute atomic E-state index is 0.0487. The van der Waals surface area contributed by atoms with E-state index in [1.54, 1.807) is 25.1 Å². The number of benzene rings is 2. The lowest BCUT2D eigenvalue weighted by Crippen LogP contribution is -2.14. The molecule has 0 N–H and O–H groups in total. The Morgan fingerprint density at radius 1 is 1.19 bits per heavy atom. The van der Waals surface area contributed by atoms with Crippen LogP contribution in [0.1, 0.15) is 12.5 Å². The molecule has 5 nitrogen and oxygen atoms in total. The van der Waals surface area contributed by atoms with Crippen molar-refractivity contribution >= 4 is 48.9 Å². The summed E-state index contributed by atoms with van der Waals surface area (Å²) in [5.41, 5.74) is 1.68. The van der Waals surface area contributed by atoms with Crippen molar-refractivity contribution in [2.75, 3.05) is 5.75 Å². The van der Waals surface area contributed by atoms with Crippen LogP contribution in [0.5, 0.6) is 0 Å². The molecule has 0 saturated heterocycles. The van der Waals surface area contributed by atoms with E-state index in [-0.39, 0.29) is 23.0 Å². The van der Waals surface area contributed by atoms with Gasteiger partial charge in [0.25, 0.3) is 5.91 Å². The molecule has 0 saturated carbocycles. The molecule has 1 aromatic heterocycles. The van der Waals surface area contributed by atoms with E-state index in [0.717, 1.165) is 15.8 Å². The predicted octanol–water partition coefficient (Wildman–Crippen LogP) is 3.36. The van der Waals surface area contributed by atoms with E-state index in [2.05, 4.69) is 4.99 Å². The fourth-order valence-electron chi connectivity index (χ4n) is 2.52. The van der Waals surface area contributed by atoms with E-state index in [1.807, 2.05) is 23.7 Å². The number of amides is 1. The summed E-state index contributed by atoms with van der Waals surface area (Å²) in [5.74, 6) is -0.239. The van der Waals surface area contributed by atoms with E-state index >= 15 is 0 Å². The van der Waals surface area contributed by atoms with Crippen molar-refractivity contribution in [1.82, 2.24) is 4.57 Å². The number of thiazole rings is 1. The van der Waals surface area contributed by atoms with Gasteiger partial charge in [-0.1, -0.05) is 42.0 Å². The lowest BCUT2D eigenvalue weighted by molar-refractivity contribution is -0.117. The van der Waals surface area contributed by atoms with Crippen LogP contribution < -0.4 is 4.80 Å². The second-order valence-corrected chi connectivity index (χ2v) is 9.51. The van der Waals surface area contributed by atoms with Gasteiger partial charge in [0.05, 0.1) is 27.3 Å². The molecule has 136 valence electrons. The molecule has 8 heteroatoms. The van der Waals surface area contributed by atoms with E-state index < -0.39 is 9.84 Å². The van der Waals surface area contributed by atoms with Crippen LogP contribution in [-0.2, 0) is 28.1 Å². The van der Waals surface area contributed by atoms with Crippen LogP contribution in [0.4, 0.5) is 0 Å². The molecular formula is C18H17ClN2O3S2. The zero-order chi connectivity index (χ0) is 18.9. The Morgan fingerprint density at radius 2 is 1.88 bits per heavy atom. The van der Waals surface area contributed by atoms with E-state index in [0.29, 0.717) is 9.82 Å². The SMILES string of the molecule is CCS(=O)(=O)c1ccc(CC(=O)N=c2sc3cc(Cl)ccc3n2C)cc1. The summed E-state index contributed by atoms with van der Waals surface area (Å²) < 4.78 is 26.5. The first-order valence-corrected chi connectivity index (χ1v) is 10.8. The number of hydrogen-bond donors (Lipinski definition) is 0. The second-order valence-electron chi connectivity index (χ2n) is 5.79. The van der Waals surface area contributed by atoms with Crippen molar-refractivity contribution in [2.45, 2.75) is 18.2 Å². The first-order valence-electron chi connectivity index (χ1n) is 7.94. The molecular weight excluding hydrogens is 392 g/mol. The number of sulfone groups is 1. The maximum Gasteiger partial charge on any atom is 0.252 e. The molecule has 0 unspecified atom stereocenters. The van der Waals surface area contributed by atoms with Gasteiger partial charge >= 0.3 is 0 Å². The Balaban J connectivity index is 1.85. The molecule has 0 atom stereocenters. The highest BCUT2D eigenvalue weighted by Crippen LogP contribution is 2.21. The average Bonchev–Trinajstić information content (AvgIpc) is 2.90. The van der Waals surface area contributed by atoms with Gasteiger partial charge in [0.15, 0.2) is 14.6 Å². The molecule has 0 radical (unpaired) electrons. The number of halogens is 1. The third kappa shape index (κ3) is 3.90. The Labute approximate surface area is 160 Å². The molecule has 0 aliphatic carbocycles. The van der Waals surface area contributed by atoms with Crippen molar-refractivity contribution in [1.29, 1.82) is 0 Å². The smallest absolute Gasteiger partial charge is 0.252 e. The molecule has 0 aliphatic heterocycles. The van der Waals surface area contributed by atoms with Crippen LogP contribution in [0.25, 0.3) is 10.2 Å². The summed E-state index contributed by atoms with van der Waals surface area (Å²) in [4.78, 5) is 17.3. The minimum atomic E-state index is -3.24. The molecule has 1 heterocycles. The van der Waals surface area contributed by atoms with Gasteiger partial charge in [-0.15, -0.1) is 0 Å². The standard InChI is InChI=1S/C18H17ClN2O3S2/c1-3-26(23,24)14-7-4-12(5-8-14)10-17(22)20-18-21(2)15-9-6-13(19)11-16(15)25-18/h4-9,11H,3,10H2,1-2H3. The van der Waals surface area contributed by atoms with Crippen LogP contribution in [0, 0.1) is 0 Å². The fraction of sp³-hybridized carbons (Fsp3) is 0.222. The summed E-state index contributed by atoms with van der Waals surface area (Å²) >= 11 is 7.40. The Hall–Kier alpha value is -1.96. The summed E-state index contributed by atoms with van der Waals surface area (Å²) in [6.07, 6.45) is 0.113. The fourth-order valence-corrected chi connectivity index (χ4v) is 4.71. The average molecular weight is 409 g/mol. The summed E-state index contributed by atoms with van der Waals surface area (Å²) in [7, 11) is -1.39. The van der Waals surface area contributed by atoms with Gasteiger partial charge in [0.2, 0.25) is 0 Å². The lowest BCUT2D eigenvalue weighted by atomic mass is 10.1. The van der Waals surface area contributed by atoms with Crippen LogP contribution in [0.2, 0.25) is 5.02 Å². The van der Waals surface area contributed by atoms with Crippen molar-refractivity contribution in [3.05, 3.63) is 57.9 Å². The number of carbonyl (C=O) groups excluding carboxylic acids is 1. The van der Waals surface area contributed by atoms with Gasteiger partial charge in [-0.05, 0) is 35.9 Å². The maximum atomic E-state index is 12.3. The van der Waals surface area contributed by atoms with Crippen molar-refractivity contribution in [3.63, 3.8) is 0 Å². The lowest BCUT2D eigenvalue weighted by Gasteiger charge is -2.02. The van der Waals surface area contributed by atoms with E-state index in [4.69, 9.17) is 11.6 Å². The Bertz CT molecular complexity index is 1140. The third-order valence-electron chi connectivity index (χ3n) is 4.01. The van der Waals surface area contributed by atoms with Gasteiger partial charge in [-0.25, -0.2) is 8.42 Å². The normalized spacial score (nSPS) is 12.7. The second kappa shape index (κ2) is 7.34. The highest BCUT2D eigenvalue weighted by Gasteiger charge is 2.12. The van der Waals surface area contributed by atoms with Crippen molar-refractivity contribution in [2.24, 2.45) is 12.0 Å². The molecule has 2 aromatic carbocycles. The largest absolute Gasteiger partial charge is 0.319 e. The van der Waals surface area contributed by atoms with E-state index in [9.17, 15) is 13.2 Å². The maximum absolute atomic E-state index is 12.3. The minimum Gasteiger partial charge on any atom is -0.319 e. The molecule has 0 fully saturated rings. The molecule has 0 aliphatic rings. The van der Waals surface area contributed by atoms with Gasteiger partial charge in [-0.3, -0.25) is 4.79 Å². The quantitative estimate of drug-likeness (QED) is 0.664. The van der Waals surface area contributed by atoms with Crippen LogP contribution in [-0.4, -0.2) is 24.6 Å². The number of fused-ring (bicyclic) bond motifs is 1. The van der Waals surface area contributed by atoms with Gasteiger partial charge in [-0.2, -0.15) is 4.99 Å². The Kier molecular flexibility index (Phi) is 5.32. The van der Waals surface area contributed by atoms with Crippen LogP contribution in [0.15, 0.2) is 52.4 Å². The van der Waals surface area contributed by atoms with Crippen molar-refractivity contribution < 1.29 is 13.2 Å². The Morgan fingerprint density at radius 3 is 2.54 bits per heavy atom. The monoisotopic (exact) mass is 408 g/mol. The summed E-state index contributed by atoms with van der Waals surface area (Å²) in [5, 5.41) is 0.638. The number of hydrogen-bond acceptors (Lipinski definition) is 4. The van der Waals surface area contributed by atoms with Crippen molar-refractivity contribution in [3.8, 4) is 0 Å². The van der Waals surface area contributed by atoms with Gasteiger partial charge < -0.3 is 4.57 Å². The van der Waals surface area contributed by atoms with Gasteiger partial charge in [0, 0.05) is 12.1 Å². The first kappa shape index (κ1) is 18.8. The highest BCUT2D eigenvalue weighted by atomic mass is 35.5. The van der Waals surface area contributed by atoms with E-state index in [1.165, 1.54) is 23.5 Å². The van der Waals surface area contributed by atoms with Crippen LogP contribution >= 0.6 is 22.9 Å². The number of carbonyl (C=O) groups is 1. The molecule has 0 spiro atoms. The number of rotatable bonds is 4. The first-order chi connectivity index (χ1) is 12.3. The molecule has 1 amide bonds. The molecule has 0 bridgehead atoms. The van der Waals surface area contributed by atoms with Gasteiger partial charge in [0.1, 0.15) is 0 Å². The summed E-state index contributed by atoms with van der Waals surface area (Å²) in [6.45, 7) is 1.60. The third-order valence-corrected chi connectivity index (χ3v) is 7.09. The number of aromatic nitrogens is 1. The topological polar surface area (TPSA) is 68.5 Å². The predicted molar refractivity (Wildman–Crippen MR) is 104 cm³/mol. The molecule has 26 heavy (non-hydrogen) atoms. The van der Waals surface area contributed by atoms with Crippen LogP contribution in [0.3, 0.4) is 0 Å². The zero-order valence-corrected chi connectivity index (χ0v) is 16.7. The highest BCUT2D eigenvalue weighted by molar-refractivity contribution is 7.91. The molecule has 3 rings (SSSR count). The molecule has 3 aromatic rings.